The van der Waals surface area contributed by atoms with Crippen LogP contribution in [-0.4, -0.2) is 17.5 Å². The lowest BCUT2D eigenvalue weighted by Crippen LogP contribution is -2.32. The molecule has 1 aliphatic heterocycles. The number of carbonyl (C=O) groups is 2. The molecule has 7 heteroatoms. The second kappa shape index (κ2) is 5.49. The molecule has 0 atom stereocenters. The van der Waals surface area contributed by atoms with Crippen molar-refractivity contribution >= 4 is 50.7 Å². The highest BCUT2D eigenvalue weighted by molar-refractivity contribution is 9.10. The molecule has 18 heavy (non-hydrogen) atoms. The van der Waals surface area contributed by atoms with Gasteiger partial charge in [-0.25, -0.2) is 5.43 Å². The third-order valence-corrected chi connectivity index (χ3v) is 3.27. The Morgan fingerprint density at radius 1 is 1.44 bits per heavy atom. The Morgan fingerprint density at radius 2 is 2.22 bits per heavy atom. The molecule has 0 unspecified atom stereocenters. The zero-order valence-electron chi connectivity index (χ0n) is 9.17. The number of hydrogen-bond donors (Lipinski definition) is 2. The zero-order valence-corrected chi connectivity index (χ0v) is 11.5. The van der Waals surface area contributed by atoms with E-state index in [9.17, 15) is 9.59 Å². The Labute approximate surface area is 117 Å². The molecule has 94 valence electrons. The third-order valence-electron chi connectivity index (χ3n) is 2.34. The summed E-state index contributed by atoms with van der Waals surface area (Å²) >= 11 is 9.16. The number of amides is 2. The first kappa shape index (κ1) is 13.0. The van der Waals surface area contributed by atoms with E-state index in [-0.39, 0.29) is 18.2 Å². The van der Waals surface area contributed by atoms with Crippen LogP contribution in [0.15, 0.2) is 27.8 Å². The highest BCUT2D eigenvalue weighted by Crippen LogP contribution is 2.26. The molecule has 5 nitrogen and oxygen atoms in total. The molecule has 0 saturated carbocycles. The molecule has 0 fully saturated rings. The van der Waals surface area contributed by atoms with Crippen LogP contribution in [0.2, 0.25) is 5.02 Å². The highest BCUT2D eigenvalue weighted by atomic mass is 79.9. The van der Waals surface area contributed by atoms with E-state index in [4.69, 9.17) is 11.6 Å². The van der Waals surface area contributed by atoms with Crippen LogP contribution in [0, 0.1) is 0 Å². The predicted octanol–water partition coefficient (Wildman–Crippen LogP) is 2.31. The number of rotatable bonds is 2. The van der Waals surface area contributed by atoms with E-state index < -0.39 is 0 Å². The summed E-state index contributed by atoms with van der Waals surface area (Å²) in [5.74, 6) is -0.534. The van der Waals surface area contributed by atoms with Crippen LogP contribution in [0.25, 0.3) is 0 Å². The number of hydrogen-bond acceptors (Lipinski definition) is 3. The summed E-state index contributed by atoms with van der Waals surface area (Å²) < 4.78 is 0.723. The van der Waals surface area contributed by atoms with Crippen molar-refractivity contribution in [2.24, 2.45) is 5.10 Å². The summed E-state index contributed by atoms with van der Waals surface area (Å²) in [6, 6.07) is 5.08. The van der Waals surface area contributed by atoms with Crippen LogP contribution in [-0.2, 0) is 9.59 Å². The van der Waals surface area contributed by atoms with Gasteiger partial charge < -0.3 is 5.32 Å². The van der Waals surface area contributed by atoms with Crippen molar-refractivity contribution in [2.45, 2.75) is 12.8 Å². The van der Waals surface area contributed by atoms with Crippen LogP contribution in [0.3, 0.4) is 0 Å². The van der Waals surface area contributed by atoms with Gasteiger partial charge in [0.05, 0.1) is 5.69 Å². The summed E-state index contributed by atoms with van der Waals surface area (Å²) in [4.78, 5) is 22.8. The van der Waals surface area contributed by atoms with Crippen LogP contribution < -0.4 is 10.7 Å². The van der Waals surface area contributed by atoms with E-state index in [1.165, 1.54) is 0 Å². The van der Waals surface area contributed by atoms with E-state index in [1.807, 2.05) is 0 Å². The minimum Gasteiger partial charge on any atom is -0.320 e. The summed E-state index contributed by atoms with van der Waals surface area (Å²) in [6.45, 7) is 0. The fraction of sp³-hybridized carbons (Fsp3) is 0.182. The van der Waals surface area contributed by atoms with Crippen molar-refractivity contribution in [1.82, 2.24) is 5.43 Å². The van der Waals surface area contributed by atoms with Crippen molar-refractivity contribution in [3.8, 4) is 0 Å². The number of anilines is 1. The molecular formula is C11H9BrClN3O2. The highest BCUT2D eigenvalue weighted by Gasteiger charge is 2.18. The van der Waals surface area contributed by atoms with Crippen molar-refractivity contribution in [3.63, 3.8) is 0 Å². The molecule has 2 N–H and O–H groups in total. The monoisotopic (exact) mass is 329 g/mol. The fourth-order valence-corrected chi connectivity index (χ4v) is 1.94. The van der Waals surface area contributed by atoms with Gasteiger partial charge in [0.2, 0.25) is 5.91 Å². The quantitative estimate of drug-likeness (QED) is 0.873. The lowest BCUT2D eigenvalue weighted by molar-refractivity contribution is -0.121. The maximum Gasteiger partial charge on any atom is 0.271 e. The standard InChI is InChI=1S/C11H9BrClN3O2/c12-7-2-1-6(13)5-9(7)14-11(18)8-3-4-10(17)16-15-8/h1-2,5H,3-4H2,(H,14,18)(H,16,17). The molecule has 1 aliphatic rings. The molecule has 0 bridgehead atoms. The molecule has 2 amide bonds. The van der Waals surface area contributed by atoms with Gasteiger partial charge in [-0.1, -0.05) is 11.6 Å². The molecule has 0 radical (unpaired) electrons. The first-order valence-corrected chi connectivity index (χ1v) is 6.35. The minimum absolute atomic E-state index is 0.185. The topological polar surface area (TPSA) is 70.6 Å². The zero-order chi connectivity index (χ0) is 13.1. The van der Waals surface area contributed by atoms with Gasteiger partial charge in [-0.15, -0.1) is 0 Å². The number of nitrogens with one attached hydrogen (secondary N) is 2. The molecule has 1 aromatic carbocycles. The second-order valence-corrected chi connectivity index (χ2v) is 4.96. The van der Waals surface area contributed by atoms with Gasteiger partial charge in [0, 0.05) is 22.3 Å². The molecule has 1 heterocycles. The van der Waals surface area contributed by atoms with E-state index in [0.29, 0.717) is 22.8 Å². The maximum absolute atomic E-state index is 11.9. The summed E-state index contributed by atoms with van der Waals surface area (Å²) in [5, 5.41) is 6.92. The van der Waals surface area contributed by atoms with Crippen molar-refractivity contribution in [2.75, 3.05) is 5.32 Å². The first-order chi connectivity index (χ1) is 8.56. The van der Waals surface area contributed by atoms with E-state index in [2.05, 4.69) is 31.8 Å². The molecule has 1 aromatic rings. The largest absolute Gasteiger partial charge is 0.320 e. The lowest BCUT2D eigenvalue weighted by atomic mass is 10.1. The Morgan fingerprint density at radius 3 is 2.89 bits per heavy atom. The van der Waals surface area contributed by atoms with Gasteiger partial charge in [0.15, 0.2) is 0 Å². The van der Waals surface area contributed by atoms with Gasteiger partial charge >= 0.3 is 0 Å². The third kappa shape index (κ3) is 3.08. The average molecular weight is 331 g/mol. The Kier molecular flexibility index (Phi) is 3.98. The normalized spacial score (nSPS) is 14.8. The maximum atomic E-state index is 11.9. The van der Waals surface area contributed by atoms with Gasteiger partial charge in [0.1, 0.15) is 5.71 Å². The van der Waals surface area contributed by atoms with Crippen molar-refractivity contribution in [3.05, 3.63) is 27.7 Å². The van der Waals surface area contributed by atoms with Crippen LogP contribution in [0.5, 0.6) is 0 Å². The van der Waals surface area contributed by atoms with Gasteiger partial charge in [-0.3, -0.25) is 9.59 Å². The lowest BCUT2D eigenvalue weighted by Gasteiger charge is -2.12. The summed E-state index contributed by atoms with van der Waals surface area (Å²) in [6.07, 6.45) is 0.596. The number of nitrogens with zero attached hydrogens (tertiary/aromatic N) is 1. The number of carbonyl (C=O) groups excluding carboxylic acids is 2. The van der Waals surface area contributed by atoms with E-state index in [1.54, 1.807) is 18.2 Å². The van der Waals surface area contributed by atoms with Crippen LogP contribution in [0.1, 0.15) is 12.8 Å². The number of hydrazone groups is 1. The Bertz CT molecular complexity index is 545. The first-order valence-electron chi connectivity index (χ1n) is 5.18. The molecule has 0 aliphatic carbocycles. The minimum atomic E-state index is -0.349. The van der Waals surface area contributed by atoms with E-state index in [0.717, 1.165) is 4.47 Å². The van der Waals surface area contributed by atoms with Gasteiger partial charge in [-0.05, 0) is 34.1 Å². The average Bonchev–Trinajstić information content (AvgIpc) is 2.34. The fourth-order valence-electron chi connectivity index (χ4n) is 1.43. The number of halogens is 2. The van der Waals surface area contributed by atoms with Crippen LogP contribution in [0.4, 0.5) is 5.69 Å². The number of benzene rings is 1. The smallest absolute Gasteiger partial charge is 0.271 e. The Balaban J connectivity index is 2.12. The van der Waals surface area contributed by atoms with Gasteiger partial charge in [-0.2, -0.15) is 5.10 Å². The van der Waals surface area contributed by atoms with Crippen LogP contribution >= 0.6 is 27.5 Å². The SMILES string of the molecule is O=C1CCC(C(=O)Nc2cc(Cl)ccc2Br)=NN1. The predicted molar refractivity (Wildman–Crippen MR) is 72.6 cm³/mol. The Hall–Kier alpha value is -1.40. The van der Waals surface area contributed by atoms with E-state index >= 15 is 0 Å². The molecular weight excluding hydrogens is 321 g/mol. The summed E-state index contributed by atoms with van der Waals surface area (Å²) in [5.41, 5.74) is 3.13. The molecule has 0 spiro atoms. The second-order valence-electron chi connectivity index (χ2n) is 3.67. The molecule has 2 rings (SSSR count). The van der Waals surface area contributed by atoms with Crippen molar-refractivity contribution in [1.29, 1.82) is 0 Å². The molecule has 0 aromatic heterocycles. The molecule has 0 saturated heterocycles. The summed E-state index contributed by atoms with van der Waals surface area (Å²) in [7, 11) is 0. The van der Waals surface area contributed by atoms with Crippen molar-refractivity contribution < 1.29 is 9.59 Å². The van der Waals surface area contributed by atoms with Gasteiger partial charge in [0.25, 0.3) is 5.91 Å².